The number of amides is 2. The number of hydrogen-bond donors (Lipinski definition) is 3. The number of benzene rings is 1. The second-order valence-corrected chi connectivity index (χ2v) is 7.61. The monoisotopic (exact) mass is 408 g/mol. The molecule has 1 aromatic carbocycles. The van der Waals surface area contributed by atoms with E-state index in [4.69, 9.17) is 22.1 Å². The lowest BCUT2D eigenvalue weighted by Crippen LogP contribution is -2.23. The van der Waals surface area contributed by atoms with E-state index in [1.165, 1.54) is 29.5 Å². The molecule has 0 atom stereocenters. The average Bonchev–Trinajstić information content (AvgIpc) is 2.99. The number of nitrogens with one attached hydrogen (secondary N) is 1. The van der Waals surface area contributed by atoms with E-state index in [1.807, 2.05) is 0 Å². The van der Waals surface area contributed by atoms with Crippen LogP contribution in [0.4, 0.5) is 5.00 Å². The molecule has 2 aromatic rings. The van der Waals surface area contributed by atoms with Crippen LogP contribution in [0.5, 0.6) is 5.75 Å². The van der Waals surface area contributed by atoms with Crippen molar-refractivity contribution in [3.63, 3.8) is 0 Å². The van der Waals surface area contributed by atoms with Crippen molar-refractivity contribution in [2.45, 2.75) is 25.7 Å². The van der Waals surface area contributed by atoms with Crippen molar-refractivity contribution in [3.05, 3.63) is 44.8 Å². The number of carbonyl (C=O) groups excluding carboxylic acids is 3. The average molecular weight is 409 g/mol. The van der Waals surface area contributed by atoms with E-state index in [1.54, 1.807) is 0 Å². The molecular weight excluding hydrogens is 392 g/mol. The lowest BCUT2D eigenvalue weighted by molar-refractivity contribution is -0.119. The van der Waals surface area contributed by atoms with Crippen molar-refractivity contribution in [2.75, 3.05) is 11.9 Å². The second-order valence-electron chi connectivity index (χ2n) is 6.07. The number of thiophene rings is 1. The molecule has 1 aliphatic rings. The summed E-state index contributed by atoms with van der Waals surface area (Å²) >= 11 is 7.11. The number of rotatable bonds is 5. The number of anilines is 1. The molecule has 0 radical (unpaired) electrons. The number of fused-ring (bicyclic) bond motifs is 1. The molecule has 1 aliphatic carbocycles. The molecule has 0 saturated carbocycles. The van der Waals surface area contributed by atoms with Gasteiger partial charge in [-0.2, -0.15) is 0 Å². The Morgan fingerprint density at radius 2 is 2.00 bits per heavy atom. The minimum atomic E-state index is -0.884. The first kappa shape index (κ1) is 19.2. The molecule has 9 heteroatoms. The van der Waals surface area contributed by atoms with Gasteiger partial charge in [0.2, 0.25) is 0 Å². The highest BCUT2D eigenvalue weighted by atomic mass is 35.5. The van der Waals surface area contributed by atoms with Crippen LogP contribution in [0, 0.1) is 0 Å². The molecule has 0 spiro atoms. The fourth-order valence-electron chi connectivity index (χ4n) is 2.96. The number of aryl methyl sites for hydroxylation is 1. The summed E-state index contributed by atoms with van der Waals surface area (Å²) < 4.78 is 4.92. The van der Waals surface area contributed by atoms with Crippen LogP contribution < -0.4 is 11.1 Å². The smallest absolute Gasteiger partial charge is 0.342 e. The number of hydrogen-bond acceptors (Lipinski definition) is 6. The molecule has 0 aliphatic heterocycles. The number of ether oxygens (including phenoxy) is 1. The molecule has 27 heavy (non-hydrogen) atoms. The molecule has 0 bridgehead atoms. The Morgan fingerprint density at radius 1 is 1.26 bits per heavy atom. The second kappa shape index (κ2) is 7.98. The van der Waals surface area contributed by atoms with Gasteiger partial charge < -0.3 is 20.9 Å². The van der Waals surface area contributed by atoms with Crippen LogP contribution in [-0.4, -0.2) is 29.5 Å². The number of nitrogens with two attached hydrogens (primary N) is 1. The first-order valence-corrected chi connectivity index (χ1v) is 9.46. The highest BCUT2D eigenvalue weighted by Crippen LogP contribution is 2.37. The normalized spacial score (nSPS) is 12.9. The number of primary amides is 1. The van der Waals surface area contributed by atoms with E-state index in [0.29, 0.717) is 10.6 Å². The van der Waals surface area contributed by atoms with E-state index in [-0.39, 0.29) is 16.3 Å². The van der Waals surface area contributed by atoms with Crippen LogP contribution in [-0.2, 0) is 22.4 Å². The molecule has 0 saturated heterocycles. The highest BCUT2D eigenvalue weighted by molar-refractivity contribution is 7.17. The van der Waals surface area contributed by atoms with Crippen LogP contribution in [0.1, 0.15) is 44.0 Å². The van der Waals surface area contributed by atoms with Gasteiger partial charge in [-0.15, -0.1) is 11.3 Å². The van der Waals surface area contributed by atoms with Gasteiger partial charge in [-0.25, -0.2) is 4.79 Å². The van der Waals surface area contributed by atoms with Gasteiger partial charge in [0, 0.05) is 9.90 Å². The molecule has 0 fully saturated rings. The fraction of sp³-hybridized carbons (Fsp3) is 0.278. The third kappa shape index (κ3) is 4.23. The van der Waals surface area contributed by atoms with Gasteiger partial charge in [0.05, 0.1) is 5.56 Å². The predicted octanol–water partition coefficient (Wildman–Crippen LogP) is 2.88. The molecule has 7 nitrogen and oxygen atoms in total. The molecule has 1 aromatic heterocycles. The highest BCUT2D eigenvalue weighted by Gasteiger charge is 2.25. The predicted molar refractivity (Wildman–Crippen MR) is 102 cm³/mol. The van der Waals surface area contributed by atoms with Crippen molar-refractivity contribution in [3.8, 4) is 5.75 Å². The summed E-state index contributed by atoms with van der Waals surface area (Å²) in [5.41, 5.74) is 6.57. The van der Waals surface area contributed by atoms with Gasteiger partial charge in [-0.05, 0) is 49.4 Å². The van der Waals surface area contributed by atoms with Gasteiger partial charge in [0.15, 0.2) is 6.61 Å². The van der Waals surface area contributed by atoms with E-state index in [0.717, 1.165) is 36.1 Å². The molecule has 0 unspecified atom stereocenters. The van der Waals surface area contributed by atoms with Gasteiger partial charge >= 0.3 is 5.97 Å². The van der Waals surface area contributed by atoms with E-state index in [2.05, 4.69) is 5.32 Å². The van der Waals surface area contributed by atoms with Crippen LogP contribution in [0.15, 0.2) is 18.2 Å². The zero-order valence-corrected chi connectivity index (χ0v) is 15.8. The number of halogens is 1. The molecular formula is C18H17ClN2O5S. The van der Waals surface area contributed by atoms with Crippen molar-refractivity contribution < 1.29 is 24.2 Å². The lowest BCUT2D eigenvalue weighted by Gasteiger charge is -2.11. The summed E-state index contributed by atoms with van der Waals surface area (Å²) in [7, 11) is 0. The first-order valence-electron chi connectivity index (χ1n) is 8.26. The fourth-order valence-corrected chi connectivity index (χ4v) is 4.44. The van der Waals surface area contributed by atoms with Crippen molar-refractivity contribution in [2.24, 2.45) is 5.73 Å². The summed E-state index contributed by atoms with van der Waals surface area (Å²) in [6.07, 6.45) is 3.60. The van der Waals surface area contributed by atoms with Crippen molar-refractivity contribution >= 4 is 45.7 Å². The Bertz CT molecular complexity index is 925. The summed E-state index contributed by atoms with van der Waals surface area (Å²) in [5, 5.41) is 12.9. The Kier molecular flexibility index (Phi) is 5.67. The zero-order valence-electron chi connectivity index (χ0n) is 14.2. The molecule has 3 rings (SSSR count). The number of aromatic hydroxyl groups is 1. The van der Waals surface area contributed by atoms with Crippen molar-refractivity contribution in [1.82, 2.24) is 0 Å². The zero-order chi connectivity index (χ0) is 19.6. The van der Waals surface area contributed by atoms with Gasteiger partial charge in [0.1, 0.15) is 16.3 Å². The number of phenols is 1. The number of esters is 1. The Balaban J connectivity index is 1.68. The minimum Gasteiger partial charge on any atom is -0.507 e. The van der Waals surface area contributed by atoms with Crippen LogP contribution in [0.3, 0.4) is 0 Å². The summed E-state index contributed by atoms with van der Waals surface area (Å²) in [6, 6.07) is 3.92. The van der Waals surface area contributed by atoms with Gasteiger partial charge in [-0.1, -0.05) is 11.6 Å². The minimum absolute atomic E-state index is 0.139. The van der Waals surface area contributed by atoms with Crippen LogP contribution in [0.25, 0.3) is 0 Å². The number of phenolic OH excluding ortho intramolecular Hbond substituents is 1. The van der Waals surface area contributed by atoms with Gasteiger partial charge in [-0.3, -0.25) is 9.59 Å². The maximum absolute atomic E-state index is 12.2. The van der Waals surface area contributed by atoms with Crippen molar-refractivity contribution in [1.29, 1.82) is 0 Å². The van der Waals surface area contributed by atoms with E-state index < -0.39 is 24.4 Å². The molecule has 2 amide bonds. The first-order chi connectivity index (χ1) is 12.9. The standard InChI is InChI=1S/C18H17ClN2O5S/c19-9-5-6-12(22)11(7-9)18(25)26-8-14(23)21-17-15(16(20)24)10-3-1-2-4-13(10)27-17/h5-7,22H,1-4,8H2,(H2,20,24)(H,21,23). The van der Waals surface area contributed by atoms with Crippen LogP contribution >= 0.6 is 22.9 Å². The number of carbonyl (C=O) groups is 3. The topological polar surface area (TPSA) is 119 Å². The van der Waals surface area contributed by atoms with Crippen LogP contribution in [0.2, 0.25) is 5.02 Å². The largest absolute Gasteiger partial charge is 0.507 e. The van der Waals surface area contributed by atoms with E-state index >= 15 is 0 Å². The molecule has 4 N–H and O–H groups in total. The lowest BCUT2D eigenvalue weighted by atomic mass is 9.95. The maximum Gasteiger partial charge on any atom is 0.342 e. The quantitative estimate of drug-likeness (QED) is 0.657. The van der Waals surface area contributed by atoms with Gasteiger partial charge in [0.25, 0.3) is 11.8 Å². The Hall–Kier alpha value is -2.58. The molecule has 1 heterocycles. The summed E-state index contributed by atoms with van der Waals surface area (Å²) in [5.74, 6) is -2.38. The third-order valence-electron chi connectivity index (χ3n) is 4.18. The summed E-state index contributed by atoms with van der Waals surface area (Å²) in [6.45, 7) is -0.578. The van der Waals surface area contributed by atoms with E-state index in [9.17, 15) is 19.5 Å². The maximum atomic E-state index is 12.2. The third-order valence-corrected chi connectivity index (χ3v) is 5.63. The Morgan fingerprint density at radius 3 is 2.74 bits per heavy atom. The SMILES string of the molecule is NC(=O)c1c(NC(=O)COC(=O)c2cc(Cl)ccc2O)sc2c1CCCC2. The summed E-state index contributed by atoms with van der Waals surface area (Å²) in [4.78, 5) is 37.0. The Labute approximate surface area is 164 Å². The molecule has 142 valence electrons.